The van der Waals surface area contributed by atoms with Gasteiger partial charge in [-0.15, -0.1) is 0 Å². The largest absolute Gasteiger partial charge is 0.292 e. The van der Waals surface area contributed by atoms with Crippen LogP contribution in [0.3, 0.4) is 0 Å². The number of nitrogens with zero attached hydrogens (tertiary/aromatic N) is 1. The Kier molecular flexibility index (Phi) is 3.67. The van der Waals surface area contributed by atoms with E-state index in [4.69, 9.17) is 11.6 Å². The van der Waals surface area contributed by atoms with Gasteiger partial charge in [-0.25, -0.2) is 8.78 Å². The molecule has 0 saturated carbocycles. The van der Waals surface area contributed by atoms with E-state index in [1.807, 2.05) is 0 Å². The third-order valence-electron chi connectivity index (χ3n) is 2.40. The second-order valence-corrected chi connectivity index (χ2v) is 4.11. The third kappa shape index (κ3) is 2.71. The van der Waals surface area contributed by atoms with Gasteiger partial charge in [0.2, 0.25) is 0 Å². The predicted octanol–water partition coefficient (Wildman–Crippen LogP) is 3.44. The quantitative estimate of drug-likeness (QED) is 0.798. The molecule has 0 atom stereocenters. The van der Waals surface area contributed by atoms with Crippen molar-refractivity contribution in [2.45, 2.75) is 6.42 Å². The molecule has 2 aromatic rings. The molecule has 0 aliphatic heterocycles. The lowest BCUT2D eigenvalue weighted by atomic mass is 10.1. The van der Waals surface area contributed by atoms with Gasteiger partial charge in [0.25, 0.3) is 0 Å². The number of carbonyl (C=O) groups is 1. The number of rotatable bonds is 3. The number of hydrogen-bond acceptors (Lipinski definition) is 2. The lowest BCUT2D eigenvalue weighted by Crippen LogP contribution is -2.07. The molecule has 0 fully saturated rings. The van der Waals surface area contributed by atoms with Crippen LogP contribution >= 0.6 is 11.6 Å². The van der Waals surface area contributed by atoms with Crippen LogP contribution in [-0.4, -0.2) is 10.8 Å². The van der Waals surface area contributed by atoms with Crippen molar-refractivity contribution in [1.82, 2.24) is 4.98 Å². The molecule has 1 aromatic heterocycles. The van der Waals surface area contributed by atoms with Crippen molar-refractivity contribution in [3.05, 3.63) is 64.4 Å². The van der Waals surface area contributed by atoms with Crippen molar-refractivity contribution in [3.8, 4) is 0 Å². The van der Waals surface area contributed by atoms with Crippen molar-refractivity contribution in [3.63, 3.8) is 0 Å². The Morgan fingerprint density at radius 2 is 2.00 bits per heavy atom. The van der Waals surface area contributed by atoms with Crippen molar-refractivity contribution in [2.24, 2.45) is 0 Å². The van der Waals surface area contributed by atoms with Gasteiger partial charge in [0.05, 0.1) is 5.02 Å². The Morgan fingerprint density at radius 3 is 2.67 bits per heavy atom. The van der Waals surface area contributed by atoms with Gasteiger partial charge in [-0.05, 0) is 23.8 Å². The number of pyridine rings is 1. The van der Waals surface area contributed by atoms with E-state index in [1.165, 1.54) is 30.5 Å². The van der Waals surface area contributed by atoms with Crippen molar-refractivity contribution < 1.29 is 13.6 Å². The van der Waals surface area contributed by atoms with Crippen molar-refractivity contribution in [2.75, 3.05) is 0 Å². The molecule has 18 heavy (non-hydrogen) atoms. The van der Waals surface area contributed by atoms with E-state index in [0.717, 1.165) is 6.07 Å². The summed E-state index contributed by atoms with van der Waals surface area (Å²) in [5.41, 5.74) is 0.180. The van der Waals surface area contributed by atoms with Crippen LogP contribution in [0.5, 0.6) is 0 Å². The molecule has 0 aliphatic carbocycles. The molecule has 1 heterocycles. The van der Waals surface area contributed by atoms with E-state index >= 15 is 0 Å². The van der Waals surface area contributed by atoms with E-state index in [9.17, 15) is 13.6 Å². The number of ketones is 1. The minimum absolute atomic E-state index is 0.0109. The molecule has 0 unspecified atom stereocenters. The zero-order chi connectivity index (χ0) is 13.1. The van der Waals surface area contributed by atoms with Gasteiger partial charge in [-0.2, -0.15) is 0 Å². The first-order valence-corrected chi connectivity index (χ1v) is 5.53. The molecule has 1 aromatic carbocycles. The fraction of sp³-hybridized carbons (Fsp3) is 0.0769. The molecule has 0 radical (unpaired) electrons. The monoisotopic (exact) mass is 267 g/mol. The van der Waals surface area contributed by atoms with Gasteiger partial charge >= 0.3 is 0 Å². The molecule has 92 valence electrons. The van der Waals surface area contributed by atoms with Crippen LogP contribution in [0.15, 0.2) is 36.5 Å². The standard InChI is InChI=1S/C13H8ClF2NO/c14-9-4-5-11(17-7-9)12(18)6-8-2-1-3-10(15)13(8)16/h1-5,7H,6H2. The average Bonchev–Trinajstić information content (AvgIpc) is 2.36. The SMILES string of the molecule is O=C(Cc1cccc(F)c1F)c1ccc(Cl)cn1. The highest BCUT2D eigenvalue weighted by Gasteiger charge is 2.13. The normalized spacial score (nSPS) is 10.4. The van der Waals surface area contributed by atoms with Gasteiger partial charge in [0.15, 0.2) is 17.4 Å². The topological polar surface area (TPSA) is 30.0 Å². The van der Waals surface area contributed by atoms with E-state index in [2.05, 4.69) is 4.98 Å². The van der Waals surface area contributed by atoms with Crippen molar-refractivity contribution >= 4 is 17.4 Å². The summed E-state index contributed by atoms with van der Waals surface area (Å²) < 4.78 is 26.3. The summed E-state index contributed by atoms with van der Waals surface area (Å²) in [6, 6.07) is 6.69. The first-order valence-electron chi connectivity index (χ1n) is 5.15. The lowest BCUT2D eigenvalue weighted by Gasteiger charge is -2.03. The number of hydrogen-bond donors (Lipinski definition) is 0. The summed E-state index contributed by atoms with van der Waals surface area (Å²) in [4.78, 5) is 15.6. The number of aromatic nitrogens is 1. The molecule has 2 rings (SSSR count). The fourth-order valence-corrected chi connectivity index (χ4v) is 1.60. The average molecular weight is 268 g/mol. The van der Waals surface area contributed by atoms with Gasteiger partial charge in [-0.1, -0.05) is 23.7 Å². The highest BCUT2D eigenvalue weighted by atomic mass is 35.5. The molecule has 0 saturated heterocycles. The smallest absolute Gasteiger partial charge is 0.185 e. The summed E-state index contributed by atoms with van der Waals surface area (Å²) in [6.45, 7) is 0. The van der Waals surface area contributed by atoms with Crippen LogP contribution in [0.2, 0.25) is 5.02 Å². The minimum atomic E-state index is -1.00. The molecule has 0 bridgehead atoms. The molecule has 5 heteroatoms. The van der Waals surface area contributed by atoms with Gasteiger partial charge < -0.3 is 0 Å². The summed E-state index contributed by atoms with van der Waals surface area (Å²) in [5.74, 6) is -2.36. The maximum atomic E-state index is 13.4. The molecule has 0 spiro atoms. The molecule has 0 amide bonds. The molecular weight excluding hydrogens is 260 g/mol. The fourth-order valence-electron chi connectivity index (χ4n) is 1.49. The van der Waals surface area contributed by atoms with Crippen LogP contribution < -0.4 is 0 Å². The van der Waals surface area contributed by atoms with Crippen LogP contribution in [0, 0.1) is 11.6 Å². The highest BCUT2D eigenvalue weighted by molar-refractivity contribution is 6.30. The number of halogens is 3. The van der Waals surface area contributed by atoms with Crippen molar-refractivity contribution in [1.29, 1.82) is 0 Å². The molecule has 0 aliphatic rings. The maximum Gasteiger partial charge on any atom is 0.185 e. The first kappa shape index (κ1) is 12.6. The number of benzene rings is 1. The maximum absolute atomic E-state index is 13.4. The Balaban J connectivity index is 2.21. The number of carbonyl (C=O) groups excluding carboxylic acids is 1. The van der Waals surface area contributed by atoms with Gasteiger partial charge in [0, 0.05) is 12.6 Å². The van der Waals surface area contributed by atoms with E-state index in [0.29, 0.717) is 5.02 Å². The van der Waals surface area contributed by atoms with Crippen LogP contribution in [0.1, 0.15) is 16.1 Å². The summed E-state index contributed by atoms with van der Waals surface area (Å²) >= 11 is 5.64. The van der Waals surface area contributed by atoms with Crippen LogP contribution in [0.25, 0.3) is 0 Å². The van der Waals surface area contributed by atoms with Crippen LogP contribution in [0.4, 0.5) is 8.78 Å². The van der Waals surface area contributed by atoms with Crippen LogP contribution in [-0.2, 0) is 6.42 Å². The second-order valence-electron chi connectivity index (χ2n) is 3.67. The molecular formula is C13H8ClF2NO. The zero-order valence-electron chi connectivity index (χ0n) is 9.16. The minimum Gasteiger partial charge on any atom is -0.292 e. The van der Waals surface area contributed by atoms with E-state index in [1.54, 1.807) is 0 Å². The molecule has 0 N–H and O–H groups in total. The van der Waals surface area contributed by atoms with Gasteiger partial charge in [0.1, 0.15) is 5.69 Å². The Labute approximate surface area is 107 Å². The van der Waals surface area contributed by atoms with Gasteiger partial charge in [-0.3, -0.25) is 9.78 Å². The van der Waals surface area contributed by atoms with E-state index in [-0.39, 0.29) is 17.7 Å². The Bertz CT molecular complexity index is 584. The Morgan fingerprint density at radius 1 is 1.22 bits per heavy atom. The zero-order valence-corrected chi connectivity index (χ0v) is 9.92. The number of Topliss-reactive ketones (excluding diaryl/α,β-unsaturated/α-hetero) is 1. The summed E-state index contributed by atoms with van der Waals surface area (Å²) in [6.07, 6.45) is 1.09. The predicted molar refractivity (Wildman–Crippen MR) is 63.6 cm³/mol. The molecule has 2 nitrogen and oxygen atoms in total. The highest BCUT2D eigenvalue weighted by Crippen LogP contribution is 2.14. The Hall–Kier alpha value is -1.81. The van der Waals surface area contributed by atoms with E-state index < -0.39 is 17.4 Å². The second kappa shape index (κ2) is 5.23. The summed E-state index contributed by atoms with van der Waals surface area (Å²) in [5, 5.41) is 0.406. The first-order chi connectivity index (χ1) is 8.58. The lowest BCUT2D eigenvalue weighted by molar-refractivity contribution is 0.0987. The summed E-state index contributed by atoms with van der Waals surface area (Å²) in [7, 11) is 0. The third-order valence-corrected chi connectivity index (χ3v) is 2.62.